The number of carbonyl (C=O) groups excluding carboxylic acids is 1. The van der Waals surface area contributed by atoms with Gasteiger partial charge in [0.1, 0.15) is 17.9 Å². The van der Waals surface area contributed by atoms with Gasteiger partial charge < -0.3 is 0 Å². The lowest BCUT2D eigenvalue weighted by Crippen LogP contribution is -1.95. The van der Waals surface area contributed by atoms with Crippen molar-refractivity contribution < 1.29 is 13.6 Å². The fourth-order valence-corrected chi connectivity index (χ4v) is 1.19. The standard InChI is InChI=1S/C12H12F2O/c1-8(2)10(7-15)3-9-4-11(13)6-12(14)5-9/h3-8H,1-2H3/b10-3+. The normalized spacial score (nSPS) is 11.9. The van der Waals surface area contributed by atoms with E-state index in [9.17, 15) is 13.6 Å². The van der Waals surface area contributed by atoms with E-state index in [2.05, 4.69) is 0 Å². The lowest BCUT2D eigenvalue weighted by atomic mass is 10.0. The monoisotopic (exact) mass is 210 g/mol. The van der Waals surface area contributed by atoms with Crippen molar-refractivity contribution >= 4 is 12.4 Å². The molecule has 0 heterocycles. The van der Waals surface area contributed by atoms with Crippen LogP contribution in [0.1, 0.15) is 19.4 Å². The number of hydrogen-bond acceptors (Lipinski definition) is 1. The molecule has 0 saturated heterocycles. The molecule has 0 aliphatic carbocycles. The van der Waals surface area contributed by atoms with E-state index >= 15 is 0 Å². The Hall–Kier alpha value is -1.51. The first-order chi connectivity index (χ1) is 7.02. The van der Waals surface area contributed by atoms with E-state index in [0.717, 1.165) is 6.07 Å². The molecule has 3 heteroatoms. The Bertz CT molecular complexity index is 374. The molecule has 1 aromatic rings. The van der Waals surface area contributed by atoms with Crippen LogP contribution >= 0.6 is 0 Å². The predicted molar refractivity (Wildman–Crippen MR) is 55.2 cm³/mol. The Morgan fingerprint density at radius 3 is 2.13 bits per heavy atom. The van der Waals surface area contributed by atoms with Crippen molar-refractivity contribution in [3.8, 4) is 0 Å². The average molecular weight is 210 g/mol. The van der Waals surface area contributed by atoms with Crippen LogP contribution in [0, 0.1) is 17.6 Å². The molecule has 0 saturated carbocycles. The van der Waals surface area contributed by atoms with Gasteiger partial charge >= 0.3 is 0 Å². The van der Waals surface area contributed by atoms with Gasteiger partial charge in [-0.25, -0.2) is 8.78 Å². The number of aldehydes is 1. The SMILES string of the molecule is CC(C)/C(C=O)=C/c1cc(F)cc(F)c1. The van der Waals surface area contributed by atoms with E-state index in [-0.39, 0.29) is 5.92 Å². The number of allylic oxidation sites excluding steroid dienone is 1. The maximum Gasteiger partial charge on any atom is 0.146 e. The first kappa shape index (κ1) is 11.6. The first-order valence-electron chi connectivity index (χ1n) is 4.66. The molecule has 0 unspecified atom stereocenters. The fourth-order valence-electron chi connectivity index (χ4n) is 1.19. The minimum atomic E-state index is -0.643. The highest BCUT2D eigenvalue weighted by Gasteiger charge is 2.03. The summed E-state index contributed by atoms with van der Waals surface area (Å²) in [6.07, 6.45) is 2.19. The summed E-state index contributed by atoms with van der Waals surface area (Å²) in [5, 5.41) is 0. The zero-order chi connectivity index (χ0) is 11.4. The Balaban J connectivity index is 3.11. The Morgan fingerprint density at radius 1 is 1.20 bits per heavy atom. The van der Waals surface area contributed by atoms with Crippen LogP contribution in [0.2, 0.25) is 0 Å². The second-order valence-electron chi connectivity index (χ2n) is 3.62. The number of benzene rings is 1. The third-order valence-corrected chi connectivity index (χ3v) is 2.02. The zero-order valence-corrected chi connectivity index (χ0v) is 8.63. The molecule has 1 aromatic carbocycles. The van der Waals surface area contributed by atoms with Crippen LogP contribution in [0.5, 0.6) is 0 Å². The zero-order valence-electron chi connectivity index (χ0n) is 8.63. The molecule has 1 rings (SSSR count). The molecule has 1 nitrogen and oxygen atoms in total. The molecule has 0 bridgehead atoms. The molecule has 0 N–H and O–H groups in total. The van der Waals surface area contributed by atoms with Crippen LogP contribution in [0.4, 0.5) is 8.78 Å². The van der Waals surface area contributed by atoms with Gasteiger partial charge in [0, 0.05) is 6.07 Å². The van der Waals surface area contributed by atoms with Crippen LogP contribution in [-0.2, 0) is 4.79 Å². The minimum absolute atomic E-state index is 0.0360. The van der Waals surface area contributed by atoms with Crippen LogP contribution in [0.15, 0.2) is 23.8 Å². The van der Waals surface area contributed by atoms with Crippen molar-refractivity contribution in [3.63, 3.8) is 0 Å². The summed E-state index contributed by atoms with van der Waals surface area (Å²) in [5.41, 5.74) is 0.878. The fraction of sp³-hybridized carbons (Fsp3) is 0.250. The second-order valence-corrected chi connectivity index (χ2v) is 3.62. The second kappa shape index (κ2) is 4.82. The summed E-state index contributed by atoms with van der Waals surface area (Å²) in [6.45, 7) is 3.69. The van der Waals surface area contributed by atoms with Crippen LogP contribution in [0.3, 0.4) is 0 Å². The molecule has 0 aromatic heterocycles. The van der Waals surface area contributed by atoms with E-state index in [0.29, 0.717) is 17.4 Å². The van der Waals surface area contributed by atoms with Gasteiger partial charge in [0.2, 0.25) is 0 Å². The van der Waals surface area contributed by atoms with Gasteiger partial charge in [-0.3, -0.25) is 4.79 Å². The lowest BCUT2D eigenvalue weighted by Gasteiger charge is -2.03. The maximum absolute atomic E-state index is 12.8. The van der Waals surface area contributed by atoms with Gasteiger partial charge in [0.05, 0.1) is 0 Å². The van der Waals surface area contributed by atoms with Crippen molar-refractivity contribution in [1.82, 2.24) is 0 Å². The summed E-state index contributed by atoms with van der Waals surface area (Å²) in [5.74, 6) is -1.25. The molecule has 0 fully saturated rings. The lowest BCUT2D eigenvalue weighted by molar-refractivity contribution is -0.105. The molecule has 15 heavy (non-hydrogen) atoms. The largest absolute Gasteiger partial charge is 0.298 e. The topological polar surface area (TPSA) is 17.1 Å². The summed E-state index contributed by atoms with van der Waals surface area (Å²) in [6, 6.07) is 3.18. The Kier molecular flexibility index (Phi) is 3.72. The van der Waals surface area contributed by atoms with E-state index < -0.39 is 11.6 Å². The third-order valence-electron chi connectivity index (χ3n) is 2.02. The Labute approximate surface area is 87.4 Å². The highest BCUT2D eigenvalue weighted by atomic mass is 19.1. The molecule has 0 spiro atoms. The van der Waals surface area contributed by atoms with E-state index in [1.807, 2.05) is 13.8 Å². The number of rotatable bonds is 3. The number of carbonyl (C=O) groups is 1. The first-order valence-corrected chi connectivity index (χ1v) is 4.66. The minimum Gasteiger partial charge on any atom is -0.298 e. The highest BCUT2D eigenvalue weighted by Crippen LogP contribution is 2.15. The molecular weight excluding hydrogens is 198 g/mol. The summed E-state index contributed by atoms with van der Waals surface area (Å²) in [4.78, 5) is 10.7. The van der Waals surface area contributed by atoms with Crippen LogP contribution in [-0.4, -0.2) is 6.29 Å². The van der Waals surface area contributed by atoms with Gasteiger partial charge in [0.15, 0.2) is 0 Å². The summed E-state index contributed by atoms with van der Waals surface area (Å²) >= 11 is 0. The van der Waals surface area contributed by atoms with Gasteiger partial charge in [0.25, 0.3) is 0 Å². The van der Waals surface area contributed by atoms with E-state index in [1.54, 1.807) is 0 Å². The predicted octanol–water partition coefficient (Wildman–Crippen LogP) is 3.20. The van der Waals surface area contributed by atoms with E-state index in [4.69, 9.17) is 0 Å². The molecule has 0 aliphatic rings. The van der Waals surface area contributed by atoms with Crippen LogP contribution in [0.25, 0.3) is 6.08 Å². The van der Waals surface area contributed by atoms with Crippen molar-refractivity contribution in [1.29, 1.82) is 0 Å². The maximum atomic E-state index is 12.8. The van der Waals surface area contributed by atoms with Crippen molar-refractivity contribution in [3.05, 3.63) is 41.0 Å². The molecule has 0 aliphatic heterocycles. The van der Waals surface area contributed by atoms with Gasteiger partial charge in [-0.1, -0.05) is 13.8 Å². The smallest absolute Gasteiger partial charge is 0.146 e. The Morgan fingerprint density at radius 2 is 1.73 bits per heavy atom. The van der Waals surface area contributed by atoms with Crippen molar-refractivity contribution in [2.24, 2.45) is 5.92 Å². The summed E-state index contributed by atoms with van der Waals surface area (Å²) in [7, 11) is 0. The number of hydrogen-bond donors (Lipinski definition) is 0. The third kappa shape index (κ3) is 3.27. The quantitative estimate of drug-likeness (QED) is 0.553. The van der Waals surface area contributed by atoms with Crippen molar-refractivity contribution in [2.45, 2.75) is 13.8 Å². The molecule has 0 atom stereocenters. The molecular formula is C12H12F2O. The van der Waals surface area contributed by atoms with Gasteiger partial charge in [-0.15, -0.1) is 0 Å². The molecule has 0 radical (unpaired) electrons. The summed E-state index contributed by atoms with van der Waals surface area (Å²) < 4.78 is 25.7. The number of halogens is 2. The van der Waals surface area contributed by atoms with Crippen LogP contribution < -0.4 is 0 Å². The average Bonchev–Trinajstić information content (AvgIpc) is 2.12. The van der Waals surface area contributed by atoms with Crippen molar-refractivity contribution in [2.75, 3.05) is 0 Å². The van der Waals surface area contributed by atoms with E-state index in [1.165, 1.54) is 18.2 Å². The highest BCUT2D eigenvalue weighted by molar-refractivity contribution is 5.82. The molecule has 0 amide bonds. The van der Waals surface area contributed by atoms with Gasteiger partial charge in [-0.05, 0) is 35.3 Å². The molecule has 80 valence electrons. The van der Waals surface area contributed by atoms with Gasteiger partial charge in [-0.2, -0.15) is 0 Å².